The number of H-pyrrole nitrogens is 1. The van der Waals surface area contributed by atoms with Crippen LogP contribution in [-0.2, 0) is 0 Å². The molecule has 8 heteroatoms. The van der Waals surface area contributed by atoms with Crippen LogP contribution in [0.2, 0.25) is 0 Å². The molecule has 0 aliphatic heterocycles. The number of rotatable bonds is 3. The van der Waals surface area contributed by atoms with Crippen LogP contribution in [0.1, 0.15) is 51.9 Å². The van der Waals surface area contributed by atoms with Crippen LogP contribution >= 0.6 is 0 Å². The van der Waals surface area contributed by atoms with Crippen molar-refractivity contribution in [3.8, 4) is 0 Å². The third kappa shape index (κ3) is 8.14. The third-order valence-corrected chi connectivity index (χ3v) is 3.99. The first-order valence-corrected chi connectivity index (χ1v) is 8.63. The van der Waals surface area contributed by atoms with Crippen molar-refractivity contribution in [1.29, 1.82) is 0 Å². The monoisotopic (exact) mass is 346 g/mol. The molecule has 2 aliphatic carbocycles. The first kappa shape index (κ1) is 18.7. The van der Waals surface area contributed by atoms with E-state index in [1.807, 2.05) is 25.1 Å². The van der Waals surface area contributed by atoms with Gasteiger partial charge in [0.2, 0.25) is 0 Å². The van der Waals surface area contributed by atoms with Crippen molar-refractivity contribution >= 4 is 17.7 Å². The Morgan fingerprint density at radius 3 is 2.24 bits per heavy atom. The van der Waals surface area contributed by atoms with E-state index in [1.54, 1.807) is 12.4 Å². The highest BCUT2D eigenvalue weighted by molar-refractivity contribution is 5.66. The second kappa shape index (κ2) is 9.61. The quantitative estimate of drug-likeness (QED) is 0.673. The summed E-state index contributed by atoms with van der Waals surface area (Å²) in [6, 6.07) is 5.45. The van der Waals surface area contributed by atoms with E-state index in [-0.39, 0.29) is 5.54 Å². The zero-order chi connectivity index (χ0) is 18.0. The van der Waals surface area contributed by atoms with Crippen molar-refractivity contribution in [3.63, 3.8) is 0 Å². The van der Waals surface area contributed by atoms with Gasteiger partial charge in [-0.25, -0.2) is 4.79 Å². The topological polar surface area (TPSA) is 116 Å². The van der Waals surface area contributed by atoms with E-state index in [2.05, 4.69) is 31.0 Å². The Hall–Kier alpha value is -2.64. The van der Waals surface area contributed by atoms with Crippen LogP contribution in [0, 0.1) is 0 Å². The van der Waals surface area contributed by atoms with Gasteiger partial charge < -0.3 is 15.7 Å². The van der Waals surface area contributed by atoms with Gasteiger partial charge in [-0.05, 0) is 31.9 Å². The van der Waals surface area contributed by atoms with Crippen molar-refractivity contribution in [3.05, 3.63) is 30.6 Å². The molecule has 0 spiro atoms. The molecule has 1 amide bonds. The summed E-state index contributed by atoms with van der Waals surface area (Å²) in [5, 5.41) is 27.7. The molecule has 4 N–H and O–H groups in total. The lowest BCUT2D eigenvalue weighted by Gasteiger charge is -2.04. The van der Waals surface area contributed by atoms with Gasteiger partial charge in [-0.3, -0.25) is 5.10 Å². The van der Waals surface area contributed by atoms with Crippen molar-refractivity contribution in [1.82, 2.24) is 25.7 Å². The lowest BCUT2D eigenvalue weighted by molar-refractivity contribution is 0.189. The van der Waals surface area contributed by atoms with Gasteiger partial charge in [-0.1, -0.05) is 32.1 Å². The summed E-state index contributed by atoms with van der Waals surface area (Å²) in [7, 11) is 0. The number of carbonyl (C=O) groups is 1. The summed E-state index contributed by atoms with van der Waals surface area (Å²) < 4.78 is 0. The van der Waals surface area contributed by atoms with Gasteiger partial charge in [-0.2, -0.15) is 10.2 Å². The number of hydrogen-bond donors (Lipinski definition) is 4. The zero-order valence-corrected chi connectivity index (χ0v) is 14.5. The predicted molar refractivity (Wildman–Crippen MR) is 95.8 cm³/mol. The minimum Gasteiger partial charge on any atom is -0.465 e. The number of hydrogen-bond acceptors (Lipinski definition) is 5. The standard InChI is InChI=1S/C7H7N5.C5H9NO2.C5H10/c1-2-6(11-8-4-1)10-7-3-5-9-12-7;1-5(2-3-5)6-4(7)8;1-2-4-5-3-1/h1-5H,(H2,9,10,11,12);6H,2-3H2,1H3,(H,7,8);1-5H2. The van der Waals surface area contributed by atoms with Gasteiger partial charge in [0.25, 0.3) is 0 Å². The van der Waals surface area contributed by atoms with Gasteiger partial charge in [0.15, 0.2) is 5.82 Å². The van der Waals surface area contributed by atoms with Crippen molar-refractivity contribution in [2.75, 3.05) is 5.32 Å². The van der Waals surface area contributed by atoms with E-state index in [1.165, 1.54) is 32.1 Å². The normalized spacial score (nSPS) is 16.5. The SMILES string of the molecule is C1CCCC1.CC1(NC(=O)O)CC1.c1cnnc(Nc2ccn[nH]2)c1. The second-order valence-corrected chi connectivity index (χ2v) is 6.46. The summed E-state index contributed by atoms with van der Waals surface area (Å²) >= 11 is 0. The molecule has 25 heavy (non-hydrogen) atoms. The largest absolute Gasteiger partial charge is 0.465 e. The molecule has 2 aromatic heterocycles. The third-order valence-electron chi connectivity index (χ3n) is 3.99. The molecule has 0 unspecified atom stereocenters. The van der Waals surface area contributed by atoms with Crippen LogP contribution in [0.5, 0.6) is 0 Å². The molecule has 0 radical (unpaired) electrons. The maximum absolute atomic E-state index is 9.94. The van der Waals surface area contributed by atoms with Crippen LogP contribution in [0.15, 0.2) is 30.6 Å². The second-order valence-electron chi connectivity index (χ2n) is 6.46. The van der Waals surface area contributed by atoms with Crippen molar-refractivity contribution < 1.29 is 9.90 Å². The molecule has 4 rings (SSSR count). The number of nitrogens with one attached hydrogen (secondary N) is 3. The van der Waals surface area contributed by atoms with Crippen LogP contribution in [0.4, 0.5) is 16.4 Å². The van der Waals surface area contributed by atoms with E-state index in [0.717, 1.165) is 18.7 Å². The molecule has 8 nitrogen and oxygen atoms in total. The molecular formula is C17H26N6O2. The molecule has 2 fully saturated rings. The molecule has 2 aromatic rings. The summed E-state index contributed by atoms with van der Waals surface area (Å²) in [4.78, 5) is 9.94. The fourth-order valence-electron chi connectivity index (χ4n) is 2.29. The van der Waals surface area contributed by atoms with E-state index >= 15 is 0 Å². The first-order valence-electron chi connectivity index (χ1n) is 8.63. The fraction of sp³-hybridized carbons (Fsp3) is 0.529. The lowest BCUT2D eigenvalue weighted by Crippen LogP contribution is -2.32. The molecule has 2 aliphatic rings. The van der Waals surface area contributed by atoms with Crippen molar-refractivity contribution in [2.24, 2.45) is 0 Å². The number of aromatic nitrogens is 4. The summed E-state index contributed by atoms with van der Waals surface area (Å²) in [5.41, 5.74) is -0.0775. The molecule has 136 valence electrons. The Morgan fingerprint density at radius 2 is 1.84 bits per heavy atom. The number of amides is 1. The maximum Gasteiger partial charge on any atom is 0.405 e. The molecule has 2 saturated carbocycles. The maximum atomic E-state index is 9.94. The number of anilines is 2. The highest BCUT2D eigenvalue weighted by Gasteiger charge is 2.38. The Bertz CT molecular complexity index is 602. The molecule has 0 atom stereocenters. The summed E-state index contributed by atoms with van der Waals surface area (Å²) in [5.74, 6) is 1.50. The van der Waals surface area contributed by atoms with Crippen LogP contribution < -0.4 is 10.6 Å². The molecule has 0 saturated heterocycles. The van der Waals surface area contributed by atoms with E-state index in [0.29, 0.717) is 5.82 Å². The van der Waals surface area contributed by atoms with Gasteiger partial charge in [0, 0.05) is 17.8 Å². The van der Waals surface area contributed by atoms with E-state index in [9.17, 15) is 4.79 Å². The Balaban J connectivity index is 0.000000149. The number of aromatic amines is 1. The van der Waals surface area contributed by atoms with Gasteiger partial charge >= 0.3 is 6.09 Å². The smallest absolute Gasteiger partial charge is 0.405 e. The average molecular weight is 346 g/mol. The molecule has 0 aromatic carbocycles. The molecule has 0 bridgehead atoms. The number of nitrogens with zero attached hydrogens (tertiary/aromatic N) is 3. The van der Waals surface area contributed by atoms with E-state index in [4.69, 9.17) is 5.11 Å². The van der Waals surface area contributed by atoms with Crippen LogP contribution in [0.3, 0.4) is 0 Å². The Kier molecular flexibility index (Phi) is 7.18. The highest BCUT2D eigenvalue weighted by atomic mass is 16.4. The van der Waals surface area contributed by atoms with E-state index < -0.39 is 6.09 Å². The Morgan fingerprint density at radius 1 is 1.16 bits per heavy atom. The Labute approximate surface area is 147 Å². The van der Waals surface area contributed by atoms with Gasteiger partial charge in [-0.15, -0.1) is 5.10 Å². The summed E-state index contributed by atoms with van der Waals surface area (Å²) in [6.45, 7) is 1.90. The number of carboxylic acid groups (broad SMARTS) is 1. The lowest BCUT2D eigenvalue weighted by atomic mass is 10.3. The average Bonchev–Trinajstić information content (AvgIpc) is 3.08. The van der Waals surface area contributed by atoms with Gasteiger partial charge in [0.05, 0.1) is 6.20 Å². The minimum atomic E-state index is -0.912. The van der Waals surface area contributed by atoms with Crippen molar-refractivity contribution in [2.45, 2.75) is 57.4 Å². The highest BCUT2D eigenvalue weighted by Crippen LogP contribution is 2.33. The van der Waals surface area contributed by atoms with Crippen LogP contribution in [-0.4, -0.2) is 37.1 Å². The summed E-state index contributed by atoms with van der Waals surface area (Å²) in [6.07, 6.45) is 11.8. The molecular weight excluding hydrogens is 320 g/mol. The minimum absolute atomic E-state index is 0.0775. The van der Waals surface area contributed by atoms with Crippen LogP contribution in [0.25, 0.3) is 0 Å². The zero-order valence-electron chi connectivity index (χ0n) is 14.5. The molecule has 2 heterocycles. The predicted octanol–water partition coefficient (Wildman–Crippen LogP) is 3.70. The van der Waals surface area contributed by atoms with Gasteiger partial charge in [0.1, 0.15) is 5.82 Å². The first-order chi connectivity index (χ1) is 12.1. The fourth-order valence-corrected chi connectivity index (χ4v) is 2.29.